The number of hydrogen-bond acceptors (Lipinski definition) is 9. The highest BCUT2D eigenvalue weighted by Gasteiger charge is 2.27. The van der Waals surface area contributed by atoms with Gasteiger partial charge >= 0.3 is 20.2 Å². The molecule has 0 saturated carbocycles. The lowest BCUT2D eigenvalue weighted by Gasteiger charge is -2.15. The third-order valence-corrected chi connectivity index (χ3v) is 7.89. The van der Waals surface area contributed by atoms with Crippen molar-refractivity contribution in [3.8, 4) is 11.8 Å². The number of aromatic nitrogens is 2. The first kappa shape index (κ1) is 25.7. The van der Waals surface area contributed by atoms with Crippen LogP contribution in [0.3, 0.4) is 0 Å². The maximum atomic E-state index is 12.9. The molecule has 3 rings (SSSR count). The molecule has 11 heteroatoms. The molecule has 34 heavy (non-hydrogen) atoms. The van der Waals surface area contributed by atoms with Crippen molar-refractivity contribution < 1.29 is 25.2 Å². The summed E-state index contributed by atoms with van der Waals surface area (Å²) in [6.07, 6.45) is 1.76. The van der Waals surface area contributed by atoms with Gasteiger partial charge in [0.2, 0.25) is 11.8 Å². The van der Waals surface area contributed by atoms with E-state index in [9.17, 15) is 16.8 Å². The van der Waals surface area contributed by atoms with Crippen LogP contribution in [0.25, 0.3) is 0 Å². The highest BCUT2D eigenvalue weighted by atomic mass is 32.2. The van der Waals surface area contributed by atoms with Crippen LogP contribution in [0, 0.1) is 13.8 Å². The molecule has 8 nitrogen and oxygen atoms in total. The first-order valence-corrected chi connectivity index (χ1v) is 14.0. The minimum absolute atomic E-state index is 0.0613. The standard InChI is InChI=1S/C23H24N2O6S3/c1-5-15-32-23-24-21(30-33(26,27)18-11-7-16(3)8-12-18)20(6-2)22(25-23)31-34(28,29)19-13-9-17(4)10-14-19/h5,7-14H,1,6,15H2,2-4H3. The Labute approximate surface area is 204 Å². The van der Waals surface area contributed by atoms with Crippen molar-refractivity contribution in [1.29, 1.82) is 0 Å². The van der Waals surface area contributed by atoms with Gasteiger partial charge in [-0.25, -0.2) is 0 Å². The van der Waals surface area contributed by atoms with Gasteiger partial charge in [-0.1, -0.05) is 60.2 Å². The highest BCUT2D eigenvalue weighted by Crippen LogP contribution is 2.33. The highest BCUT2D eigenvalue weighted by molar-refractivity contribution is 7.99. The second kappa shape index (κ2) is 10.6. The van der Waals surface area contributed by atoms with Gasteiger partial charge in [-0.05, 0) is 44.5 Å². The van der Waals surface area contributed by atoms with Crippen molar-refractivity contribution in [3.05, 3.63) is 77.9 Å². The normalized spacial score (nSPS) is 11.7. The predicted molar refractivity (Wildman–Crippen MR) is 130 cm³/mol. The summed E-state index contributed by atoms with van der Waals surface area (Å²) < 4.78 is 62.3. The summed E-state index contributed by atoms with van der Waals surface area (Å²) in [5, 5.41) is 0.0836. The van der Waals surface area contributed by atoms with Gasteiger partial charge < -0.3 is 8.37 Å². The Kier molecular flexibility index (Phi) is 8.01. The lowest BCUT2D eigenvalue weighted by atomic mass is 10.2. The van der Waals surface area contributed by atoms with Crippen LogP contribution >= 0.6 is 11.8 Å². The molecule has 1 aromatic heterocycles. The summed E-state index contributed by atoms with van der Waals surface area (Å²) in [6.45, 7) is 8.99. The molecule has 3 aromatic rings. The van der Waals surface area contributed by atoms with Gasteiger partial charge in [-0.15, -0.1) is 6.58 Å². The van der Waals surface area contributed by atoms with Crippen molar-refractivity contribution in [2.24, 2.45) is 0 Å². The van der Waals surface area contributed by atoms with Gasteiger partial charge in [0.1, 0.15) is 9.79 Å². The summed E-state index contributed by atoms with van der Waals surface area (Å²) in [5.41, 5.74) is 1.88. The van der Waals surface area contributed by atoms with E-state index in [1.54, 1.807) is 37.3 Å². The number of aryl methyl sites for hydroxylation is 2. The molecule has 0 unspecified atom stereocenters. The molecule has 1 heterocycles. The first-order valence-electron chi connectivity index (χ1n) is 10.2. The molecule has 0 saturated heterocycles. The topological polar surface area (TPSA) is 113 Å². The van der Waals surface area contributed by atoms with Crippen LogP contribution in [0.5, 0.6) is 11.8 Å². The van der Waals surface area contributed by atoms with Crippen molar-refractivity contribution in [2.45, 2.75) is 42.1 Å². The van der Waals surface area contributed by atoms with E-state index in [1.807, 2.05) is 13.8 Å². The Morgan fingerprint density at radius 3 is 1.59 bits per heavy atom. The van der Waals surface area contributed by atoms with Crippen LogP contribution in [0.4, 0.5) is 0 Å². The molecular weight excluding hydrogens is 496 g/mol. The fourth-order valence-electron chi connectivity index (χ4n) is 2.78. The quantitative estimate of drug-likeness (QED) is 0.165. The third-order valence-electron chi connectivity index (χ3n) is 4.59. The Morgan fingerprint density at radius 2 is 1.24 bits per heavy atom. The molecular formula is C23H24N2O6S3. The fourth-order valence-corrected chi connectivity index (χ4v) is 5.16. The number of benzene rings is 2. The van der Waals surface area contributed by atoms with Gasteiger partial charge in [0.25, 0.3) is 0 Å². The van der Waals surface area contributed by atoms with E-state index in [-0.39, 0.29) is 38.7 Å². The van der Waals surface area contributed by atoms with Crippen molar-refractivity contribution >= 4 is 32.0 Å². The van der Waals surface area contributed by atoms with E-state index in [4.69, 9.17) is 8.37 Å². The van der Waals surface area contributed by atoms with Crippen LogP contribution in [0.15, 0.2) is 76.1 Å². The largest absolute Gasteiger partial charge is 0.358 e. The fraction of sp³-hybridized carbons (Fsp3) is 0.217. The molecule has 0 spiro atoms. The van der Waals surface area contributed by atoms with E-state index >= 15 is 0 Å². The summed E-state index contributed by atoms with van der Waals surface area (Å²) in [7, 11) is -8.48. The maximum absolute atomic E-state index is 12.9. The SMILES string of the molecule is C=CCSc1nc(OS(=O)(=O)c2ccc(C)cc2)c(CC)c(OS(=O)(=O)c2ccc(C)cc2)n1. The summed E-state index contributed by atoms with van der Waals surface area (Å²) in [5.74, 6) is -0.183. The summed E-state index contributed by atoms with van der Waals surface area (Å²) in [4.78, 5) is 8.30. The molecule has 0 aliphatic carbocycles. The zero-order chi connectivity index (χ0) is 24.9. The molecule has 180 valence electrons. The Hall–Kier alpha value is -2.89. The first-order chi connectivity index (χ1) is 16.1. The second-order valence-electron chi connectivity index (χ2n) is 7.25. The average Bonchev–Trinajstić information content (AvgIpc) is 2.77. The molecule has 0 N–H and O–H groups in total. The number of thioether (sulfide) groups is 1. The monoisotopic (exact) mass is 520 g/mol. The van der Waals surface area contributed by atoms with Crippen LogP contribution in [0.2, 0.25) is 0 Å². The van der Waals surface area contributed by atoms with Crippen molar-refractivity contribution in [3.63, 3.8) is 0 Å². The van der Waals surface area contributed by atoms with Crippen LogP contribution in [-0.4, -0.2) is 32.6 Å². The minimum Gasteiger partial charge on any atom is -0.358 e. The Balaban J connectivity index is 2.07. The number of nitrogens with zero attached hydrogens (tertiary/aromatic N) is 2. The Morgan fingerprint density at radius 1 is 0.824 bits per heavy atom. The second-order valence-corrected chi connectivity index (χ2v) is 11.3. The molecule has 0 fully saturated rings. The van der Waals surface area contributed by atoms with Gasteiger partial charge in [-0.2, -0.15) is 26.8 Å². The molecule has 0 atom stereocenters. The zero-order valence-electron chi connectivity index (χ0n) is 18.9. The lowest BCUT2D eigenvalue weighted by molar-refractivity contribution is 0.446. The van der Waals surface area contributed by atoms with E-state index in [1.165, 1.54) is 24.3 Å². The summed E-state index contributed by atoms with van der Waals surface area (Å²) >= 11 is 1.13. The average molecular weight is 521 g/mol. The van der Waals surface area contributed by atoms with E-state index in [0.29, 0.717) is 5.75 Å². The van der Waals surface area contributed by atoms with Crippen molar-refractivity contribution in [2.75, 3.05) is 5.75 Å². The predicted octanol–water partition coefficient (Wildman–Crippen LogP) is 4.47. The molecule has 2 aromatic carbocycles. The van der Waals surface area contributed by atoms with Crippen LogP contribution in [0.1, 0.15) is 23.6 Å². The molecule has 0 radical (unpaired) electrons. The number of hydrogen-bond donors (Lipinski definition) is 0. The molecule has 0 aliphatic heterocycles. The van der Waals surface area contributed by atoms with E-state index < -0.39 is 20.2 Å². The smallest absolute Gasteiger partial charge is 0.340 e. The number of rotatable bonds is 10. The Bertz CT molecular complexity index is 1290. The maximum Gasteiger partial charge on any atom is 0.340 e. The van der Waals surface area contributed by atoms with Crippen molar-refractivity contribution in [1.82, 2.24) is 9.97 Å². The van der Waals surface area contributed by atoms with Gasteiger partial charge in [-0.3, -0.25) is 0 Å². The molecule has 0 bridgehead atoms. The lowest BCUT2D eigenvalue weighted by Crippen LogP contribution is -2.16. The van der Waals surface area contributed by atoms with Crippen LogP contribution in [-0.2, 0) is 26.7 Å². The molecule has 0 amide bonds. The van der Waals surface area contributed by atoms with Crippen LogP contribution < -0.4 is 8.37 Å². The minimum atomic E-state index is -4.24. The third kappa shape index (κ3) is 6.16. The van der Waals surface area contributed by atoms with Gasteiger partial charge in [0, 0.05) is 5.75 Å². The van der Waals surface area contributed by atoms with E-state index in [2.05, 4.69) is 16.5 Å². The zero-order valence-corrected chi connectivity index (χ0v) is 21.3. The van der Waals surface area contributed by atoms with Gasteiger partial charge in [0.15, 0.2) is 5.16 Å². The van der Waals surface area contributed by atoms with Gasteiger partial charge in [0.05, 0.1) is 5.56 Å². The van der Waals surface area contributed by atoms with E-state index in [0.717, 1.165) is 22.9 Å². The summed E-state index contributed by atoms with van der Waals surface area (Å²) in [6, 6.07) is 12.3. The molecule has 0 aliphatic rings.